The highest BCUT2D eigenvalue weighted by Gasteiger charge is 2.33. The second kappa shape index (κ2) is 9.51. The third-order valence-corrected chi connectivity index (χ3v) is 6.53. The number of piperidine rings is 1. The third-order valence-electron chi connectivity index (χ3n) is 6.53. The molecule has 0 bridgehead atoms. The Morgan fingerprint density at radius 3 is 2.09 bits per heavy atom. The van der Waals surface area contributed by atoms with E-state index in [2.05, 4.69) is 25.2 Å². The molecule has 2 saturated heterocycles. The van der Waals surface area contributed by atoms with E-state index in [1.165, 1.54) is 6.07 Å². The molecule has 0 N–H and O–H groups in total. The van der Waals surface area contributed by atoms with Crippen LogP contribution in [-0.4, -0.2) is 75.0 Å². The Morgan fingerprint density at radius 1 is 0.857 bits per heavy atom. The molecule has 0 aliphatic carbocycles. The predicted octanol–water partition coefficient (Wildman–Crippen LogP) is 2.64. The summed E-state index contributed by atoms with van der Waals surface area (Å²) in [5, 5.41) is 12.7. The zero-order valence-electron chi connectivity index (χ0n) is 19.0. The van der Waals surface area contributed by atoms with Crippen molar-refractivity contribution < 1.29 is 18.0 Å². The van der Waals surface area contributed by atoms with Crippen LogP contribution in [0.3, 0.4) is 0 Å². The summed E-state index contributed by atoms with van der Waals surface area (Å²) in [6, 6.07) is 8.05. The molecule has 0 atom stereocenters. The summed E-state index contributed by atoms with van der Waals surface area (Å²) in [4.78, 5) is 23.0. The van der Waals surface area contributed by atoms with Crippen molar-refractivity contribution >= 4 is 17.5 Å². The van der Waals surface area contributed by atoms with Gasteiger partial charge < -0.3 is 14.7 Å². The maximum absolute atomic E-state index is 13.1. The zero-order valence-corrected chi connectivity index (χ0v) is 19.0. The Hall–Kier alpha value is -3.70. The number of rotatable bonds is 4. The number of pyridine rings is 1. The average Bonchev–Trinajstić information content (AvgIpc) is 3.43. The van der Waals surface area contributed by atoms with Crippen molar-refractivity contribution in [3.8, 4) is 5.82 Å². The highest BCUT2D eigenvalue weighted by Crippen LogP contribution is 2.30. The van der Waals surface area contributed by atoms with Crippen LogP contribution in [0.2, 0.25) is 0 Å². The first kappa shape index (κ1) is 23.1. The highest BCUT2D eigenvalue weighted by molar-refractivity contribution is 5.79. The van der Waals surface area contributed by atoms with Gasteiger partial charge in [-0.2, -0.15) is 18.3 Å². The SMILES string of the molecule is O=C(C1CCN(c2ccc(-n3cccn3)nn2)CC1)N1CCN(c2ccc(C(F)(F)F)cn2)CC1. The molecule has 35 heavy (non-hydrogen) atoms. The minimum absolute atomic E-state index is 0.0432. The second-order valence-electron chi connectivity index (χ2n) is 8.68. The van der Waals surface area contributed by atoms with Crippen molar-refractivity contribution in [3.63, 3.8) is 0 Å². The van der Waals surface area contributed by atoms with Gasteiger partial charge in [-0.3, -0.25) is 4.79 Å². The molecule has 184 valence electrons. The summed E-state index contributed by atoms with van der Waals surface area (Å²) in [5.74, 6) is 2.03. The Bertz CT molecular complexity index is 1120. The van der Waals surface area contributed by atoms with Gasteiger partial charge in [0.25, 0.3) is 0 Å². The highest BCUT2D eigenvalue weighted by atomic mass is 19.4. The minimum atomic E-state index is -4.40. The lowest BCUT2D eigenvalue weighted by Gasteiger charge is -2.39. The number of carbonyl (C=O) groups excluding carboxylic acids is 1. The van der Waals surface area contributed by atoms with Gasteiger partial charge in [-0.25, -0.2) is 9.67 Å². The van der Waals surface area contributed by atoms with Crippen molar-refractivity contribution in [2.45, 2.75) is 19.0 Å². The van der Waals surface area contributed by atoms with Gasteiger partial charge in [0.2, 0.25) is 5.91 Å². The second-order valence-corrected chi connectivity index (χ2v) is 8.68. The van der Waals surface area contributed by atoms with E-state index in [4.69, 9.17) is 0 Å². The van der Waals surface area contributed by atoms with E-state index in [1.807, 2.05) is 28.0 Å². The molecule has 5 heterocycles. The topological polar surface area (TPSA) is 83.3 Å². The fourth-order valence-electron chi connectivity index (χ4n) is 4.52. The van der Waals surface area contributed by atoms with Crippen molar-refractivity contribution in [2.24, 2.45) is 5.92 Å². The van der Waals surface area contributed by atoms with Gasteiger partial charge in [0.1, 0.15) is 5.82 Å². The summed E-state index contributed by atoms with van der Waals surface area (Å²) < 4.78 is 39.9. The first-order valence-electron chi connectivity index (χ1n) is 11.5. The maximum atomic E-state index is 13.1. The average molecular weight is 487 g/mol. The van der Waals surface area contributed by atoms with E-state index in [9.17, 15) is 18.0 Å². The number of nitrogens with zero attached hydrogens (tertiary/aromatic N) is 8. The summed E-state index contributed by atoms with van der Waals surface area (Å²) in [5.41, 5.74) is -0.763. The van der Waals surface area contributed by atoms with Crippen LogP contribution in [0.1, 0.15) is 18.4 Å². The molecule has 0 saturated carbocycles. The van der Waals surface area contributed by atoms with Crippen LogP contribution < -0.4 is 9.80 Å². The third kappa shape index (κ3) is 5.05. The Balaban J connectivity index is 1.11. The molecule has 2 aliphatic heterocycles. The van der Waals surface area contributed by atoms with Crippen LogP contribution >= 0.6 is 0 Å². The fourth-order valence-corrected chi connectivity index (χ4v) is 4.52. The largest absolute Gasteiger partial charge is 0.417 e. The summed E-state index contributed by atoms with van der Waals surface area (Å²) >= 11 is 0. The molecular formula is C23H25F3N8O. The molecule has 0 aromatic carbocycles. The van der Waals surface area contributed by atoms with E-state index >= 15 is 0 Å². The van der Waals surface area contributed by atoms with Gasteiger partial charge in [-0.05, 0) is 43.2 Å². The van der Waals surface area contributed by atoms with Gasteiger partial charge in [-0.1, -0.05) is 0 Å². The Kier molecular flexibility index (Phi) is 6.27. The monoisotopic (exact) mass is 486 g/mol. The lowest BCUT2D eigenvalue weighted by Crippen LogP contribution is -2.52. The number of halogens is 3. The standard InChI is InChI=1S/C23H25F3N8O/c24-23(25,26)18-2-3-19(27-16-18)32-12-14-33(15-13-32)22(35)17-6-10-31(11-7-17)20-4-5-21(30-29-20)34-9-1-8-28-34/h1-5,8-9,16-17H,6-7,10-15H2. The molecule has 3 aromatic heterocycles. The van der Waals surface area contributed by atoms with Crippen LogP contribution in [0.4, 0.5) is 24.8 Å². The Morgan fingerprint density at radius 2 is 1.51 bits per heavy atom. The summed E-state index contributed by atoms with van der Waals surface area (Å²) in [6.07, 6.45) is 1.42. The molecule has 3 aromatic rings. The smallest absolute Gasteiger partial charge is 0.355 e. The van der Waals surface area contributed by atoms with Crippen molar-refractivity contribution in [3.05, 3.63) is 54.5 Å². The molecule has 9 nitrogen and oxygen atoms in total. The van der Waals surface area contributed by atoms with E-state index < -0.39 is 11.7 Å². The molecule has 2 fully saturated rings. The van der Waals surface area contributed by atoms with Crippen LogP contribution in [0.15, 0.2) is 48.9 Å². The number of carbonyl (C=O) groups is 1. The van der Waals surface area contributed by atoms with Crippen molar-refractivity contribution in [2.75, 3.05) is 49.1 Å². The van der Waals surface area contributed by atoms with E-state index in [0.717, 1.165) is 44.0 Å². The van der Waals surface area contributed by atoms with Gasteiger partial charge in [0.15, 0.2) is 11.6 Å². The van der Waals surface area contributed by atoms with Crippen LogP contribution in [-0.2, 0) is 11.0 Å². The molecule has 5 rings (SSSR count). The maximum Gasteiger partial charge on any atom is 0.417 e. The quantitative estimate of drug-likeness (QED) is 0.561. The Labute approximate surface area is 200 Å². The van der Waals surface area contributed by atoms with E-state index in [-0.39, 0.29) is 11.8 Å². The number of piperazine rings is 1. The lowest BCUT2D eigenvalue weighted by molar-refractivity contribution is -0.138. The molecule has 0 spiro atoms. The lowest BCUT2D eigenvalue weighted by atomic mass is 9.95. The van der Waals surface area contributed by atoms with Crippen molar-refractivity contribution in [1.29, 1.82) is 0 Å². The minimum Gasteiger partial charge on any atom is -0.355 e. The number of anilines is 2. The first-order valence-corrected chi connectivity index (χ1v) is 11.5. The van der Waals surface area contributed by atoms with Crippen LogP contribution in [0.5, 0.6) is 0 Å². The van der Waals surface area contributed by atoms with Gasteiger partial charge in [-0.15, -0.1) is 10.2 Å². The van der Waals surface area contributed by atoms with Gasteiger partial charge in [0.05, 0.1) is 5.56 Å². The molecule has 12 heteroatoms. The number of aromatic nitrogens is 5. The molecule has 2 aliphatic rings. The normalized spacial score (nSPS) is 17.6. The van der Waals surface area contributed by atoms with Gasteiger partial charge in [0, 0.05) is 63.8 Å². The summed E-state index contributed by atoms with van der Waals surface area (Å²) in [6.45, 7) is 3.59. The number of hydrogen-bond acceptors (Lipinski definition) is 7. The molecular weight excluding hydrogens is 461 g/mol. The number of amides is 1. The van der Waals surface area contributed by atoms with Crippen molar-refractivity contribution in [1.82, 2.24) is 29.9 Å². The van der Waals surface area contributed by atoms with Crippen LogP contribution in [0, 0.1) is 5.92 Å². The summed E-state index contributed by atoms with van der Waals surface area (Å²) in [7, 11) is 0. The zero-order chi connectivity index (χ0) is 24.4. The molecule has 1 amide bonds. The van der Waals surface area contributed by atoms with Crippen LogP contribution in [0.25, 0.3) is 5.82 Å². The van der Waals surface area contributed by atoms with Gasteiger partial charge >= 0.3 is 6.18 Å². The van der Waals surface area contributed by atoms with E-state index in [1.54, 1.807) is 17.1 Å². The first-order chi connectivity index (χ1) is 16.9. The predicted molar refractivity (Wildman–Crippen MR) is 122 cm³/mol. The molecule has 0 unspecified atom stereocenters. The number of alkyl halides is 3. The molecule has 0 radical (unpaired) electrons. The fraction of sp³-hybridized carbons (Fsp3) is 0.435. The van der Waals surface area contributed by atoms with E-state index in [0.29, 0.717) is 37.8 Å². The number of hydrogen-bond donors (Lipinski definition) is 0.